The summed E-state index contributed by atoms with van der Waals surface area (Å²) in [5.74, 6) is 1.43. The fourth-order valence-corrected chi connectivity index (χ4v) is 4.00. The Kier molecular flexibility index (Phi) is 5.81. The van der Waals surface area contributed by atoms with Crippen molar-refractivity contribution in [3.8, 4) is 28.5 Å². The first-order valence-corrected chi connectivity index (χ1v) is 10.7. The fourth-order valence-electron chi connectivity index (χ4n) is 3.14. The summed E-state index contributed by atoms with van der Waals surface area (Å²) in [7, 11) is 0. The van der Waals surface area contributed by atoms with Crippen molar-refractivity contribution in [2.24, 2.45) is 10.1 Å². The van der Waals surface area contributed by atoms with Crippen molar-refractivity contribution >= 4 is 23.2 Å². The molecule has 1 aliphatic heterocycles. The van der Waals surface area contributed by atoms with Gasteiger partial charge in [0.15, 0.2) is 11.5 Å². The van der Waals surface area contributed by atoms with Crippen LogP contribution in [0, 0.1) is 0 Å². The van der Waals surface area contributed by atoms with Crippen molar-refractivity contribution in [2.45, 2.75) is 6.61 Å². The third-order valence-corrected chi connectivity index (χ3v) is 5.47. The molecule has 0 bridgehead atoms. The average molecular weight is 466 g/mol. The highest BCUT2D eigenvalue weighted by atomic mass is 32.1. The second kappa shape index (κ2) is 9.21. The van der Waals surface area contributed by atoms with E-state index in [0.717, 1.165) is 16.8 Å². The first-order chi connectivity index (χ1) is 16.2. The summed E-state index contributed by atoms with van der Waals surface area (Å²) in [6.45, 7) is -2.68. The zero-order valence-electron chi connectivity index (χ0n) is 17.0. The van der Waals surface area contributed by atoms with Gasteiger partial charge in [-0.1, -0.05) is 0 Å². The minimum Gasteiger partial charge on any atom is -0.454 e. The van der Waals surface area contributed by atoms with E-state index in [-0.39, 0.29) is 12.5 Å². The molecule has 3 heterocycles. The number of benzene rings is 2. The number of thiazole rings is 1. The molecule has 0 atom stereocenters. The lowest BCUT2D eigenvalue weighted by atomic mass is 10.2. The molecule has 166 valence electrons. The summed E-state index contributed by atoms with van der Waals surface area (Å²) < 4.78 is 41.9. The number of aromatic nitrogens is 2. The van der Waals surface area contributed by atoms with E-state index >= 15 is 0 Å². The molecule has 33 heavy (non-hydrogen) atoms. The Morgan fingerprint density at radius 3 is 2.73 bits per heavy atom. The van der Waals surface area contributed by atoms with Crippen LogP contribution in [0.1, 0.15) is 5.56 Å². The minimum absolute atomic E-state index is 0.0830. The summed E-state index contributed by atoms with van der Waals surface area (Å²) >= 11 is 1.39. The van der Waals surface area contributed by atoms with E-state index in [9.17, 15) is 8.78 Å². The largest absolute Gasteiger partial charge is 0.454 e. The smallest absolute Gasteiger partial charge is 0.387 e. The van der Waals surface area contributed by atoms with Crippen molar-refractivity contribution in [1.82, 2.24) is 9.66 Å². The Morgan fingerprint density at radius 2 is 1.94 bits per heavy atom. The number of halogens is 2. The Bertz CT molecular complexity index is 1350. The van der Waals surface area contributed by atoms with Crippen LogP contribution in [0.3, 0.4) is 0 Å². The fraction of sp³-hybridized carbons (Fsp3) is 0.0870. The highest BCUT2D eigenvalue weighted by Crippen LogP contribution is 2.32. The quantitative estimate of drug-likeness (QED) is 0.373. The Morgan fingerprint density at radius 1 is 1.09 bits per heavy atom. The summed E-state index contributed by atoms with van der Waals surface area (Å²) in [4.78, 5) is 9.36. The van der Waals surface area contributed by atoms with Crippen LogP contribution in [-0.4, -0.2) is 29.3 Å². The molecule has 10 heteroatoms. The molecule has 4 aromatic rings. The number of rotatable bonds is 6. The molecule has 0 radical (unpaired) electrons. The molecule has 0 saturated heterocycles. The van der Waals surface area contributed by atoms with Gasteiger partial charge in [0.2, 0.25) is 11.6 Å². The topological polar surface area (TPSA) is 70.2 Å². The highest BCUT2D eigenvalue weighted by molar-refractivity contribution is 7.07. The van der Waals surface area contributed by atoms with E-state index in [1.54, 1.807) is 41.5 Å². The van der Waals surface area contributed by atoms with Crippen LogP contribution >= 0.6 is 11.3 Å². The van der Waals surface area contributed by atoms with Gasteiger partial charge in [-0.05, 0) is 60.2 Å². The summed E-state index contributed by atoms with van der Waals surface area (Å²) in [5, 5.41) is 6.54. The summed E-state index contributed by atoms with van der Waals surface area (Å²) in [5.41, 5.74) is 3.00. The van der Waals surface area contributed by atoms with Gasteiger partial charge < -0.3 is 14.2 Å². The van der Waals surface area contributed by atoms with Gasteiger partial charge in [0, 0.05) is 17.1 Å². The van der Waals surface area contributed by atoms with Crippen LogP contribution in [0.15, 0.2) is 82.5 Å². The molecule has 2 aromatic carbocycles. The molecular weight excluding hydrogens is 450 g/mol. The van der Waals surface area contributed by atoms with Crippen LogP contribution in [0.4, 0.5) is 14.5 Å². The van der Waals surface area contributed by atoms with E-state index in [2.05, 4.69) is 19.8 Å². The van der Waals surface area contributed by atoms with E-state index in [1.165, 1.54) is 23.5 Å². The molecule has 5 rings (SSSR count). The number of nitrogens with zero attached hydrogens (tertiary/aromatic N) is 4. The number of alkyl halides is 2. The molecule has 1 aliphatic rings. The van der Waals surface area contributed by atoms with E-state index in [1.807, 2.05) is 29.6 Å². The Labute approximate surface area is 190 Å². The van der Waals surface area contributed by atoms with Gasteiger partial charge in [-0.25, -0.2) is 9.67 Å². The SMILES string of the molecule is FC(F)Oc1ccc(-c2csc(=Nc3cccnc3)n2/N=C\c2ccc3c(c2)OCO3)cc1. The summed E-state index contributed by atoms with van der Waals surface area (Å²) in [6.07, 6.45) is 5.02. The van der Waals surface area contributed by atoms with Crippen molar-refractivity contribution in [3.05, 3.63) is 82.7 Å². The Hall–Kier alpha value is -4.05. The molecule has 0 saturated carbocycles. The molecule has 0 aliphatic carbocycles. The van der Waals surface area contributed by atoms with Crippen LogP contribution in [0.25, 0.3) is 11.3 Å². The standard InChI is InChI=1S/C23H16F2N4O3S/c24-22(25)32-18-6-4-16(5-7-18)19-13-33-23(28-17-2-1-9-26-12-17)29(19)27-11-15-3-8-20-21(10-15)31-14-30-20/h1-13,22H,14H2/b27-11-,28-23?. The average Bonchev–Trinajstić information content (AvgIpc) is 3.45. The predicted molar refractivity (Wildman–Crippen MR) is 119 cm³/mol. The lowest BCUT2D eigenvalue weighted by molar-refractivity contribution is -0.0498. The second-order valence-electron chi connectivity index (χ2n) is 6.80. The van der Waals surface area contributed by atoms with E-state index in [4.69, 9.17) is 9.47 Å². The van der Waals surface area contributed by atoms with E-state index in [0.29, 0.717) is 22.0 Å². The van der Waals surface area contributed by atoms with Gasteiger partial charge in [0.05, 0.1) is 23.8 Å². The number of ether oxygens (including phenoxy) is 3. The lowest BCUT2D eigenvalue weighted by Crippen LogP contribution is -2.11. The third-order valence-electron chi connectivity index (χ3n) is 4.65. The second-order valence-corrected chi connectivity index (χ2v) is 7.64. The molecule has 0 spiro atoms. The normalized spacial score (nSPS) is 13.2. The maximum absolute atomic E-state index is 12.5. The summed E-state index contributed by atoms with van der Waals surface area (Å²) in [6, 6.07) is 15.5. The molecule has 0 unspecified atom stereocenters. The predicted octanol–water partition coefficient (Wildman–Crippen LogP) is 5.06. The molecular formula is C23H16F2N4O3S. The van der Waals surface area contributed by atoms with Gasteiger partial charge in [-0.3, -0.25) is 4.98 Å². The van der Waals surface area contributed by atoms with Crippen LogP contribution < -0.4 is 19.0 Å². The van der Waals surface area contributed by atoms with Crippen LogP contribution in [0.2, 0.25) is 0 Å². The number of hydrogen-bond donors (Lipinski definition) is 0. The first-order valence-electron chi connectivity index (χ1n) is 9.80. The molecule has 0 amide bonds. The van der Waals surface area contributed by atoms with Crippen molar-refractivity contribution < 1.29 is 23.0 Å². The molecule has 0 N–H and O–H groups in total. The minimum atomic E-state index is -2.88. The number of pyridine rings is 1. The van der Waals surface area contributed by atoms with Crippen molar-refractivity contribution in [1.29, 1.82) is 0 Å². The maximum Gasteiger partial charge on any atom is 0.387 e. The van der Waals surface area contributed by atoms with Crippen LogP contribution in [-0.2, 0) is 0 Å². The zero-order chi connectivity index (χ0) is 22.6. The van der Waals surface area contributed by atoms with Gasteiger partial charge >= 0.3 is 6.61 Å². The van der Waals surface area contributed by atoms with Gasteiger partial charge in [-0.15, -0.1) is 11.3 Å². The number of fused-ring (bicyclic) bond motifs is 1. The van der Waals surface area contributed by atoms with Gasteiger partial charge in [0.25, 0.3) is 0 Å². The van der Waals surface area contributed by atoms with Crippen molar-refractivity contribution in [2.75, 3.05) is 6.79 Å². The van der Waals surface area contributed by atoms with E-state index < -0.39 is 6.61 Å². The Balaban J connectivity index is 1.55. The molecule has 7 nitrogen and oxygen atoms in total. The highest BCUT2D eigenvalue weighted by Gasteiger charge is 2.13. The van der Waals surface area contributed by atoms with Gasteiger partial charge in [-0.2, -0.15) is 13.9 Å². The van der Waals surface area contributed by atoms with Crippen molar-refractivity contribution in [3.63, 3.8) is 0 Å². The van der Waals surface area contributed by atoms with Crippen LogP contribution in [0.5, 0.6) is 17.2 Å². The first kappa shape index (κ1) is 20.8. The molecule has 0 fully saturated rings. The lowest BCUT2D eigenvalue weighted by Gasteiger charge is -2.07. The third kappa shape index (κ3) is 4.75. The number of hydrogen-bond acceptors (Lipinski definition) is 7. The maximum atomic E-state index is 12.5. The molecule has 2 aromatic heterocycles. The zero-order valence-corrected chi connectivity index (χ0v) is 17.8. The monoisotopic (exact) mass is 466 g/mol. The van der Waals surface area contributed by atoms with Gasteiger partial charge in [0.1, 0.15) is 5.75 Å².